The number of rotatable bonds is 4. The lowest BCUT2D eigenvalue weighted by Crippen LogP contribution is -2.35. The van der Waals surface area contributed by atoms with Crippen molar-refractivity contribution in [3.8, 4) is 0 Å². The van der Waals surface area contributed by atoms with Gasteiger partial charge in [0.25, 0.3) is 0 Å². The van der Waals surface area contributed by atoms with Crippen LogP contribution in [0.2, 0.25) is 0 Å². The fourth-order valence-corrected chi connectivity index (χ4v) is 1.50. The Bertz CT molecular complexity index is 291. The fraction of sp³-hybridized carbons (Fsp3) is 0.727. The van der Waals surface area contributed by atoms with Crippen molar-refractivity contribution in [1.29, 1.82) is 0 Å². The Morgan fingerprint density at radius 2 is 2.29 bits per heavy atom. The Balaban J connectivity index is 2.73. The highest BCUT2D eigenvalue weighted by Gasteiger charge is 2.28. The molecular weight excluding hydrogens is 176 g/mol. The number of nitrogens with zero attached hydrogens (tertiary/aromatic N) is 2. The second-order valence-electron chi connectivity index (χ2n) is 4.30. The molecule has 0 amide bonds. The minimum absolute atomic E-state index is 0.291. The van der Waals surface area contributed by atoms with E-state index in [0.29, 0.717) is 12.3 Å². The molecule has 0 aliphatic rings. The molecule has 0 aliphatic carbocycles. The van der Waals surface area contributed by atoms with Crippen LogP contribution >= 0.6 is 0 Å². The molecule has 14 heavy (non-hydrogen) atoms. The van der Waals surface area contributed by atoms with Gasteiger partial charge in [-0.3, -0.25) is 0 Å². The molecule has 3 heteroatoms. The van der Waals surface area contributed by atoms with Gasteiger partial charge < -0.3 is 9.67 Å². The molecule has 0 aliphatic heterocycles. The maximum atomic E-state index is 10.2. The van der Waals surface area contributed by atoms with E-state index in [2.05, 4.69) is 18.8 Å². The molecule has 0 radical (unpaired) electrons. The summed E-state index contributed by atoms with van der Waals surface area (Å²) in [6.07, 6.45) is 5.27. The molecule has 0 saturated carbocycles. The minimum Gasteiger partial charge on any atom is -0.389 e. The quantitative estimate of drug-likeness (QED) is 0.797. The van der Waals surface area contributed by atoms with Crippen molar-refractivity contribution in [2.45, 2.75) is 39.2 Å². The van der Waals surface area contributed by atoms with Crippen LogP contribution in [0, 0.1) is 5.92 Å². The first-order valence-corrected chi connectivity index (χ1v) is 5.16. The maximum Gasteiger partial charge on any atom is 0.111 e. The molecule has 2 atom stereocenters. The van der Waals surface area contributed by atoms with Gasteiger partial charge in [0.2, 0.25) is 0 Å². The van der Waals surface area contributed by atoms with Crippen LogP contribution < -0.4 is 0 Å². The van der Waals surface area contributed by atoms with Crippen molar-refractivity contribution >= 4 is 0 Å². The van der Waals surface area contributed by atoms with E-state index >= 15 is 0 Å². The van der Waals surface area contributed by atoms with Crippen molar-refractivity contribution in [1.82, 2.24) is 9.55 Å². The van der Waals surface area contributed by atoms with Crippen LogP contribution in [-0.2, 0) is 13.5 Å². The van der Waals surface area contributed by atoms with E-state index in [9.17, 15) is 5.11 Å². The van der Waals surface area contributed by atoms with Gasteiger partial charge in [0.1, 0.15) is 5.82 Å². The number of aryl methyl sites for hydroxylation is 1. The van der Waals surface area contributed by atoms with E-state index in [0.717, 1.165) is 12.2 Å². The van der Waals surface area contributed by atoms with E-state index in [-0.39, 0.29) is 0 Å². The van der Waals surface area contributed by atoms with Crippen LogP contribution in [0.25, 0.3) is 0 Å². The Kier molecular flexibility index (Phi) is 3.32. The van der Waals surface area contributed by atoms with E-state index in [1.807, 2.05) is 24.7 Å². The summed E-state index contributed by atoms with van der Waals surface area (Å²) >= 11 is 0. The second kappa shape index (κ2) is 4.13. The first kappa shape index (κ1) is 11.2. The van der Waals surface area contributed by atoms with Crippen LogP contribution in [0.15, 0.2) is 12.4 Å². The normalized spacial score (nSPS) is 17.8. The molecule has 1 N–H and O–H groups in total. The lowest BCUT2D eigenvalue weighted by molar-refractivity contribution is 0.00290. The van der Waals surface area contributed by atoms with Crippen molar-refractivity contribution < 1.29 is 5.11 Å². The molecule has 0 saturated heterocycles. The van der Waals surface area contributed by atoms with Crippen molar-refractivity contribution in [3.63, 3.8) is 0 Å². The van der Waals surface area contributed by atoms with Gasteiger partial charge in [0.15, 0.2) is 0 Å². The number of aromatic nitrogens is 2. The summed E-state index contributed by atoms with van der Waals surface area (Å²) in [5.74, 6) is 1.23. The van der Waals surface area contributed by atoms with Crippen LogP contribution in [-0.4, -0.2) is 20.3 Å². The van der Waals surface area contributed by atoms with Gasteiger partial charge in [-0.05, 0) is 12.8 Å². The number of imidazole rings is 1. The minimum atomic E-state index is -0.659. The third-order valence-corrected chi connectivity index (χ3v) is 3.11. The Labute approximate surface area is 85.8 Å². The Morgan fingerprint density at radius 3 is 2.71 bits per heavy atom. The van der Waals surface area contributed by atoms with Gasteiger partial charge in [-0.15, -0.1) is 0 Å². The van der Waals surface area contributed by atoms with Crippen LogP contribution in [0.1, 0.15) is 33.0 Å². The maximum absolute atomic E-state index is 10.2. The summed E-state index contributed by atoms with van der Waals surface area (Å²) in [6.45, 7) is 6.05. The number of hydrogen-bond donors (Lipinski definition) is 1. The summed E-state index contributed by atoms with van der Waals surface area (Å²) in [5, 5.41) is 10.2. The van der Waals surface area contributed by atoms with Crippen LogP contribution in [0.5, 0.6) is 0 Å². The molecule has 1 aromatic heterocycles. The van der Waals surface area contributed by atoms with E-state index in [4.69, 9.17) is 0 Å². The van der Waals surface area contributed by atoms with Gasteiger partial charge in [-0.2, -0.15) is 0 Å². The van der Waals surface area contributed by atoms with Crippen molar-refractivity contribution in [3.05, 3.63) is 18.2 Å². The van der Waals surface area contributed by atoms with Crippen LogP contribution in [0.4, 0.5) is 0 Å². The highest BCUT2D eigenvalue weighted by molar-refractivity contribution is 4.98. The first-order valence-electron chi connectivity index (χ1n) is 5.16. The van der Waals surface area contributed by atoms with Gasteiger partial charge >= 0.3 is 0 Å². The summed E-state index contributed by atoms with van der Waals surface area (Å²) in [4.78, 5) is 4.22. The van der Waals surface area contributed by atoms with Crippen LogP contribution in [0.3, 0.4) is 0 Å². The molecule has 1 rings (SSSR count). The lowest BCUT2D eigenvalue weighted by Gasteiger charge is -2.29. The zero-order chi connectivity index (χ0) is 10.8. The highest BCUT2D eigenvalue weighted by atomic mass is 16.3. The van der Waals surface area contributed by atoms with Gasteiger partial charge in [0.05, 0.1) is 5.60 Å². The van der Waals surface area contributed by atoms with E-state index in [1.54, 1.807) is 6.20 Å². The summed E-state index contributed by atoms with van der Waals surface area (Å²) in [7, 11) is 1.95. The molecule has 1 aromatic rings. The molecule has 0 bridgehead atoms. The molecule has 2 unspecified atom stereocenters. The van der Waals surface area contributed by atoms with Gasteiger partial charge in [-0.1, -0.05) is 20.3 Å². The average molecular weight is 196 g/mol. The zero-order valence-corrected chi connectivity index (χ0v) is 9.49. The van der Waals surface area contributed by atoms with Crippen molar-refractivity contribution in [2.75, 3.05) is 0 Å². The zero-order valence-electron chi connectivity index (χ0n) is 9.49. The van der Waals surface area contributed by atoms with Gasteiger partial charge in [-0.25, -0.2) is 4.98 Å². The standard InChI is InChI=1S/C11H20N2O/c1-5-9(2)11(3,14)8-10-12-6-7-13(10)4/h6-7,9,14H,5,8H2,1-4H3. The summed E-state index contributed by atoms with van der Waals surface area (Å²) in [6, 6.07) is 0. The predicted molar refractivity (Wildman–Crippen MR) is 57.0 cm³/mol. The Hall–Kier alpha value is -0.830. The highest BCUT2D eigenvalue weighted by Crippen LogP contribution is 2.23. The molecule has 0 fully saturated rings. The fourth-order valence-electron chi connectivity index (χ4n) is 1.50. The SMILES string of the molecule is CCC(C)C(C)(O)Cc1nccn1C. The second-order valence-corrected chi connectivity index (χ2v) is 4.30. The third-order valence-electron chi connectivity index (χ3n) is 3.11. The molecule has 3 nitrogen and oxygen atoms in total. The average Bonchev–Trinajstić information content (AvgIpc) is 2.50. The number of hydrogen-bond acceptors (Lipinski definition) is 2. The largest absolute Gasteiger partial charge is 0.389 e. The molecule has 1 heterocycles. The number of aliphatic hydroxyl groups is 1. The monoisotopic (exact) mass is 196 g/mol. The van der Waals surface area contributed by atoms with E-state index in [1.165, 1.54) is 0 Å². The lowest BCUT2D eigenvalue weighted by atomic mass is 9.85. The third kappa shape index (κ3) is 2.35. The van der Waals surface area contributed by atoms with Crippen molar-refractivity contribution in [2.24, 2.45) is 13.0 Å². The topological polar surface area (TPSA) is 38.1 Å². The van der Waals surface area contributed by atoms with Gasteiger partial charge in [0, 0.05) is 25.9 Å². The molecule has 0 aromatic carbocycles. The molecule has 80 valence electrons. The molecular formula is C11H20N2O. The first-order chi connectivity index (χ1) is 6.47. The summed E-state index contributed by atoms with van der Waals surface area (Å²) < 4.78 is 1.96. The molecule has 0 spiro atoms. The predicted octanol–water partition coefficient (Wildman–Crippen LogP) is 1.76. The Morgan fingerprint density at radius 1 is 1.64 bits per heavy atom. The van der Waals surface area contributed by atoms with E-state index < -0.39 is 5.60 Å². The smallest absolute Gasteiger partial charge is 0.111 e. The summed E-state index contributed by atoms with van der Waals surface area (Å²) in [5.41, 5.74) is -0.659.